The second-order valence-electron chi connectivity index (χ2n) is 10.9. The Kier molecular flexibility index (Phi) is 6.83. The van der Waals surface area contributed by atoms with E-state index in [2.05, 4.69) is 30.7 Å². The topological polar surface area (TPSA) is 87.5 Å². The van der Waals surface area contributed by atoms with Crippen molar-refractivity contribution in [1.29, 1.82) is 0 Å². The normalized spacial score (nSPS) is 21.6. The quantitative estimate of drug-likeness (QED) is 0.567. The number of rotatable bonds is 7. The number of aliphatic hydroxyl groups excluding tert-OH is 1. The predicted octanol–water partition coefficient (Wildman–Crippen LogP) is 3.85. The van der Waals surface area contributed by atoms with Gasteiger partial charge in [-0.15, -0.1) is 0 Å². The molecule has 1 aromatic carbocycles. The molecule has 2 heterocycles. The first-order valence-electron chi connectivity index (χ1n) is 12.1. The van der Waals surface area contributed by atoms with Crippen LogP contribution in [0.4, 0.5) is 8.78 Å². The van der Waals surface area contributed by atoms with Crippen LogP contribution in [0, 0.1) is 5.92 Å². The SMILES string of the molecule is CCC(O)NC1CN(S(=O)(=O)c2ccc3c(c2)nc(C(C)(C)C)n3CC2CCC(F)(F)CC2)C1. The Morgan fingerprint density at radius 1 is 1.24 bits per heavy atom. The van der Waals surface area contributed by atoms with Crippen molar-refractivity contribution in [2.24, 2.45) is 5.92 Å². The Morgan fingerprint density at radius 2 is 1.88 bits per heavy atom. The fourth-order valence-corrected chi connectivity index (χ4v) is 6.40. The zero-order chi connectivity index (χ0) is 24.9. The number of nitrogens with zero attached hydrogens (tertiary/aromatic N) is 3. The first-order valence-corrected chi connectivity index (χ1v) is 13.6. The molecule has 4 rings (SSSR count). The Labute approximate surface area is 200 Å². The molecule has 1 aliphatic heterocycles. The van der Waals surface area contributed by atoms with E-state index in [9.17, 15) is 22.3 Å². The lowest BCUT2D eigenvalue weighted by molar-refractivity contribution is -0.0473. The van der Waals surface area contributed by atoms with E-state index in [0.29, 0.717) is 44.4 Å². The van der Waals surface area contributed by atoms with Gasteiger partial charge in [0.2, 0.25) is 15.9 Å². The van der Waals surface area contributed by atoms with E-state index in [1.165, 1.54) is 4.31 Å². The summed E-state index contributed by atoms with van der Waals surface area (Å²) < 4.78 is 57.1. The summed E-state index contributed by atoms with van der Waals surface area (Å²) in [5.41, 5.74) is 1.15. The van der Waals surface area contributed by atoms with Crippen LogP contribution in [-0.4, -0.2) is 58.7 Å². The lowest BCUT2D eigenvalue weighted by atomic mass is 9.86. The summed E-state index contributed by atoms with van der Waals surface area (Å²) >= 11 is 0. The lowest BCUT2D eigenvalue weighted by Crippen LogP contribution is -2.61. The zero-order valence-corrected chi connectivity index (χ0v) is 21.2. The molecule has 1 saturated heterocycles. The van der Waals surface area contributed by atoms with Crippen molar-refractivity contribution in [3.63, 3.8) is 0 Å². The van der Waals surface area contributed by atoms with Crippen LogP contribution in [0.1, 0.15) is 65.6 Å². The number of imidazole rings is 1. The number of benzene rings is 1. The molecule has 1 aromatic heterocycles. The van der Waals surface area contributed by atoms with E-state index in [1.54, 1.807) is 18.2 Å². The van der Waals surface area contributed by atoms with Gasteiger partial charge in [-0.3, -0.25) is 5.32 Å². The van der Waals surface area contributed by atoms with Crippen LogP contribution in [0.2, 0.25) is 0 Å². The number of halogens is 2. The van der Waals surface area contributed by atoms with Crippen molar-refractivity contribution in [3.8, 4) is 0 Å². The second-order valence-corrected chi connectivity index (χ2v) is 12.8. The number of hydrogen-bond acceptors (Lipinski definition) is 5. The number of hydrogen-bond donors (Lipinski definition) is 2. The van der Waals surface area contributed by atoms with Crippen LogP contribution in [0.5, 0.6) is 0 Å². The van der Waals surface area contributed by atoms with Crippen LogP contribution in [0.15, 0.2) is 23.1 Å². The maximum Gasteiger partial charge on any atom is 0.248 e. The molecule has 0 bridgehead atoms. The molecule has 0 amide bonds. The van der Waals surface area contributed by atoms with Gasteiger partial charge in [-0.1, -0.05) is 27.7 Å². The third-order valence-electron chi connectivity index (χ3n) is 6.97. The monoisotopic (exact) mass is 498 g/mol. The minimum atomic E-state index is -3.67. The van der Waals surface area contributed by atoms with Crippen molar-refractivity contribution >= 4 is 21.1 Å². The van der Waals surface area contributed by atoms with Gasteiger partial charge in [0.05, 0.1) is 15.9 Å². The Balaban J connectivity index is 1.58. The van der Waals surface area contributed by atoms with Gasteiger partial charge in [0.25, 0.3) is 0 Å². The standard InChI is InChI=1S/C24H36F2N4O3S/c1-5-21(31)27-17-14-29(15-17)34(32,33)18-6-7-20-19(12-18)28-22(23(2,3)4)30(20)13-16-8-10-24(25,26)11-9-16/h6-7,12,16-17,21,27,31H,5,8-11,13-15H2,1-4H3. The van der Waals surface area contributed by atoms with Gasteiger partial charge in [-0.25, -0.2) is 22.2 Å². The average Bonchev–Trinajstić information content (AvgIpc) is 3.09. The molecule has 10 heteroatoms. The van der Waals surface area contributed by atoms with Crippen molar-refractivity contribution in [1.82, 2.24) is 19.2 Å². The van der Waals surface area contributed by atoms with Crippen molar-refractivity contribution < 1.29 is 22.3 Å². The molecule has 2 aliphatic rings. The molecular weight excluding hydrogens is 462 g/mol. The smallest absolute Gasteiger partial charge is 0.248 e. The van der Waals surface area contributed by atoms with Crippen LogP contribution in [-0.2, 0) is 22.0 Å². The van der Waals surface area contributed by atoms with E-state index >= 15 is 0 Å². The summed E-state index contributed by atoms with van der Waals surface area (Å²) in [5, 5.41) is 12.7. The minimum Gasteiger partial charge on any atom is -0.379 e. The Bertz CT molecular complexity index is 1130. The van der Waals surface area contributed by atoms with Gasteiger partial charge in [0.15, 0.2) is 0 Å². The van der Waals surface area contributed by atoms with Gasteiger partial charge in [0.1, 0.15) is 12.1 Å². The van der Waals surface area contributed by atoms with E-state index in [4.69, 9.17) is 4.98 Å². The summed E-state index contributed by atoms with van der Waals surface area (Å²) in [5.74, 6) is -1.59. The molecule has 34 heavy (non-hydrogen) atoms. The first-order chi connectivity index (χ1) is 15.8. The molecule has 7 nitrogen and oxygen atoms in total. The van der Waals surface area contributed by atoms with E-state index in [0.717, 1.165) is 11.3 Å². The zero-order valence-electron chi connectivity index (χ0n) is 20.4. The van der Waals surface area contributed by atoms with Crippen molar-refractivity contribution in [2.45, 2.75) is 94.8 Å². The largest absolute Gasteiger partial charge is 0.379 e. The van der Waals surface area contributed by atoms with Crippen LogP contribution in [0.25, 0.3) is 11.0 Å². The van der Waals surface area contributed by atoms with Crippen molar-refractivity contribution in [3.05, 3.63) is 24.0 Å². The van der Waals surface area contributed by atoms with Crippen molar-refractivity contribution in [2.75, 3.05) is 13.1 Å². The van der Waals surface area contributed by atoms with Crippen LogP contribution >= 0.6 is 0 Å². The lowest BCUT2D eigenvalue weighted by Gasteiger charge is -2.39. The maximum atomic E-state index is 13.6. The predicted molar refractivity (Wildman–Crippen MR) is 127 cm³/mol. The van der Waals surface area contributed by atoms with Crippen LogP contribution in [0.3, 0.4) is 0 Å². The van der Waals surface area contributed by atoms with Gasteiger partial charge in [-0.05, 0) is 43.4 Å². The molecule has 0 spiro atoms. The fourth-order valence-electron chi connectivity index (χ4n) is 4.85. The Hall–Kier alpha value is -1.62. The number of aromatic nitrogens is 2. The minimum absolute atomic E-state index is 0.0666. The maximum absolute atomic E-state index is 13.6. The summed E-state index contributed by atoms with van der Waals surface area (Å²) in [6, 6.07) is 4.95. The van der Waals surface area contributed by atoms with Gasteiger partial charge in [0, 0.05) is 43.9 Å². The number of aliphatic hydroxyl groups is 1. The number of alkyl halides is 2. The third kappa shape index (κ3) is 5.15. The van der Waals surface area contributed by atoms with Gasteiger partial charge < -0.3 is 9.67 Å². The highest BCUT2D eigenvalue weighted by Gasteiger charge is 2.38. The summed E-state index contributed by atoms with van der Waals surface area (Å²) in [4.78, 5) is 5.00. The number of fused-ring (bicyclic) bond motifs is 1. The van der Waals surface area contributed by atoms with E-state index in [-0.39, 0.29) is 35.1 Å². The fraction of sp³-hybridized carbons (Fsp3) is 0.708. The van der Waals surface area contributed by atoms with E-state index in [1.807, 2.05) is 6.92 Å². The molecule has 2 fully saturated rings. The first kappa shape index (κ1) is 25.5. The van der Waals surface area contributed by atoms with Gasteiger partial charge >= 0.3 is 0 Å². The summed E-state index contributed by atoms with van der Waals surface area (Å²) in [6.45, 7) is 9.23. The van der Waals surface area contributed by atoms with E-state index < -0.39 is 22.2 Å². The number of nitrogens with one attached hydrogen (secondary N) is 1. The third-order valence-corrected chi connectivity index (χ3v) is 8.80. The molecule has 1 aliphatic carbocycles. The molecule has 190 valence electrons. The summed E-state index contributed by atoms with van der Waals surface area (Å²) in [7, 11) is -3.67. The highest BCUT2D eigenvalue weighted by molar-refractivity contribution is 7.89. The molecule has 1 unspecified atom stereocenters. The molecule has 2 N–H and O–H groups in total. The molecule has 1 saturated carbocycles. The molecule has 1 atom stereocenters. The molecular formula is C24H36F2N4O3S. The van der Waals surface area contributed by atoms with Gasteiger partial charge in [-0.2, -0.15) is 4.31 Å². The highest BCUT2D eigenvalue weighted by Crippen LogP contribution is 2.38. The molecule has 2 aromatic rings. The Morgan fingerprint density at radius 3 is 2.47 bits per heavy atom. The molecule has 0 radical (unpaired) electrons. The summed E-state index contributed by atoms with van der Waals surface area (Å²) in [6.07, 6.45) is 0.694. The average molecular weight is 499 g/mol. The highest BCUT2D eigenvalue weighted by atomic mass is 32.2. The van der Waals surface area contributed by atoms with Crippen LogP contribution < -0.4 is 5.32 Å². The number of sulfonamides is 1. The second kappa shape index (κ2) is 9.11.